The molecule has 1 N–H and O–H groups in total. The molecule has 0 amide bonds. The molecule has 4 atom stereocenters. The van der Waals surface area contributed by atoms with Crippen LogP contribution in [0, 0.1) is 11.7 Å². The van der Waals surface area contributed by atoms with Gasteiger partial charge in [-0.3, -0.25) is 0 Å². The minimum Gasteiger partial charge on any atom is -0.487 e. The van der Waals surface area contributed by atoms with Crippen LogP contribution in [0.3, 0.4) is 0 Å². The van der Waals surface area contributed by atoms with Crippen molar-refractivity contribution in [3.63, 3.8) is 0 Å². The summed E-state index contributed by atoms with van der Waals surface area (Å²) in [5, 5.41) is 9.26. The molecule has 2 aromatic rings. The summed E-state index contributed by atoms with van der Waals surface area (Å²) in [6, 6.07) is 11.6. The fourth-order valence-electron chi connectivity index (χ4n) is 4.42. The Morgan fingerprint density at radius 2 is 1.89 bits per heavy atom. The molecular formula is C22H23FO4. The van der Waals surface area contributed by atoms with E-state index in [4.69, 9.17) is 9.47 Å². The Bertz CT molecular complexity index is 874. The number of ether oxygens (including phenoxy) is 2. The lowest BCUT2D eigenvalue weighted by Crippen LogP contribution is -2.50. The average molecular weight is 370 g/mol. The number of carboxylic acids is 1. The molecule has 4 nitrogen and oxygen atoms in total. The van der Waals surface area contributed by atoms with E-state index < -0.39 is 11.6 Å². The zero-order chi connectivity index (χ0) is 19.3. The van der Waals surface area contributed by atoms with E-state index in [0.717, 1.165) is 17.5 Å². The van der Waals surface area contributed by atoms with Crippen LogP contribution in [0.4, 0.5) is 4.39 Å². The SMILES string of the molecule is C[C@@H]1O[C@@H]2c3ccc(C(=O)O)cc3OC(C)(C)[C@H]2C[C@@H]1c1ccc(F)cc1. The topological polar surface area (TPSA) is 55.8 Å². The third-order valence-electron chi connectivity index (χ3n) is 5.93. The Balaban J connectivity index is 1.70. The monoisotopic (exact) mass is 370 g/mol. The van der Waals surface area contributed by atoms with Crippen LogP contribution in [0.5, 0.6) is 5.75 Å². The quantitative estimate of drug-likeness (QED) is 0.813. The molecule has 2 aliphatic rings. The lowest BCUT2D eigenvalue weighted by atomic mass is 9.70. The fourth-order valence-corrected chi connectivity index (χ4v) is 4.42. The second-order valence-electron chi connectivity index (χ2n) is 8.03. The summed E-state index contributed by atoms with van der Waals surface area (Å²) in [6.07, 6.45) is 0.654. The standard InChI is InChI=1S/C22H23FO4/c1-12-17(13-4-7-15(23)8-5-13)11-18-20(26-12)16-9-6-14(21(24)25)10-19(16)27-22(18,2)3/h4-10,12,17-18,20H,11H2,1-3H3,(H,24,25)/t12-,17-,18-,20+/m0/s1. The summed E-state index contributed by atoms with van der Waals surface area (Å²) in [7, 11) is 0. The summed E-state index contributed by atoms with van der Waals surface area (Å²) in [4.78, 5) is 11.3. The van der Waals surface area contributed by atoms with Gasteiger partial charge in [-0.05, 0) is 57.0 Å². The molecule has 0 unspecified atom stereocenters. The predicted octanol–water partition coefficient (Wildman–Crippen LogP) is 4.94. The minimum absolute atomic E-state index is 0.0439. The Labute approximate surface area is 157 Å². The van der Waals surface area contributed by atoms with Crippen molar-refractivity contribution in [3.05, 3.63) is 65.0 Å². The maximum absolute atomic E-state index is 13.3. The molecule has 0 aliphatic carbocycles. The van der Waals surface area contributed by atoms with Crippen molar-refractivity contribution in [3.8, 4) is 5.75 Å². The van der Waals surface area contributed by atoms with Gasteiger partial charge in [0.1, 0.15) is 17.2 Å². The van der Waals surface area contributed by atoms with Gasteiger partial charge in [0.25, 0.3) is 0 Å². The van der Waals surface area contributed by atoms with E-state index in [-0.39, 0.29) is 35.4 Å². The molecule has 0 bridgehead atoms. The normalized spacial score (nSPS) is 28.6. The molecule has 1 fully saturated rings. The Kier molecular flexibility index (Phi) is 4.22. The van der Waals surface area contributed by atoms with Crippen molar-refractivity contribution in [2.24, 2.45) is 5.92 Å². The van der Waals surface area contributed by atoms with E-state index in [1.807, 2.05) is 32.9 Å². The van der Waals surface area contributed by atoms with E-state index in [1.54, 1.807) is 18.2 Å². The first kappa shape index (κ1) is 18.0. The second kappa shape index (κ2) is 6.34. The highest BCUT2D eigenvalue weighted by Crippen LogP contribution is 2.53. The molecule has 1 saturated heterocycles. The first-order chi connectivity index (χ1) is 12.8. The first-order valence-corrected chi connectivity index (χ1v) is 9.23. The van der Waals surface area contributed by atoms with Gasteiger partial charge in [0.05, 0.1) is 17.8 Å². The predicted molar refractivity (Wildman–Crippen MR) is 98.6 cm³/mol. The number of carbonyl (C=O) groups is 1. The smallest absolute Gasteiger partial charge is 0.335 e. The molecular weight excluding hydrogens is 347 g/mol. The summed E-state index contributed by atoms with van der Waals surface area (Å²) in [5.74, 6) is -0.392. The summed E-state index contributed by atoms with van der Waals surface area (Å²) < 4.78 is 25.9. The number of aromatic carboxylic acids is 1. The Morgan fingerprint density at radius 3 is 2.56 bits per heavy atom. The summed E-state index contributed by atoms with van der Waals surface area (Å²) in [6.45, 7) is 6.07. The molecule has 2 aliphatic heterocycles. The Morgan fingerprint density at radius 1 is 1.19 bits per heavy atom. The number of benzene rings is 2. The zero-order valence-corrected chi connectivity index (χ0v) is 15.6. The maximum atomic E-state index is 13.3. The third-order valence-corrected chi connectivity index (χ3v) is 5.93. The lowest BCUT2D eigenvalue weighted by Gasteiger charge is -2.50. The number of rotatable bonds is 2. The molecule has 2 heterocycles. The largest absolute Gasteiger partial charge is 0.487 e. The van der Waals surface area contributed by atoms with Crippen molar-refractivity contribution >= 4 is 5.97 Å². The first-order valence-electron chi connectivity index (χ1n) is 9.23. The van der Waals surface area contributed by atoms with Gasteiger partial charge in [0.15, 0.2) is 0 Å². The van der Waals surface area contributed by atoms with Gasteiger partial charge < -0.3 is 14.6 Å². The van der Waals surface area contributed by atoms with Crippen LogP contribution in [0.2, 0.25) is 0 Å². The number of halogens is 1. The van der Waals surface area contributed by atoms with Crippen LogP contribution in [-0.4, -0.2) is 22.8 Å². The fraction of sp³-hybridized carbons (Fsp3) is 0.409. The van der Waals surface area contributed by atoms with Gasteiger partial charge in [-0.25, -0.2) is 9.18 Å². The third kappa shape index (κ3) is 3.10. The molecule has 0 spiro atoms. The van der Waals surface area contributed by atoms with Crippen LogP contribution in [0.25, 0.3) is 0 Å². The van der Waals surface area contributed by atoms with E-state index in [2.05, 4.69) is 0 Å². The minimum atomic E-state index is -0.976. The van der Waals surface area contributed by atoms with E-state index in [9.17, 15) is 14.3 Å². The van der Waals surface area contributed by atoms with Crippen LogP contribution < -0.4 is 4.74 Å². The molecule has 5 heteroatoms. The van der Waals surface area contributed by atoms with Crippen molar-refractivity contribution in [2.75, 3.05) is 0 Å². The van der Waals surface area contributed by atoms with Gasteiger partial charge in [-0.2, -0.15) is 0 Å². The van der Waals surface area contributed by atoms with Crippen molar-refractivity contribution in [2.45, 2.75) is 50.9 Å². The van der Waals surface area contributed by atoms with E-state index in [0.29, 0.717) is 5.75 Å². The van der Waals surface area contributed by atoms with Crippen molar-refractivity contribution in [1.29, 1.82) is 0 Å². The number of hydrogen-bond donors (Lipinski definition) is 1. The van der Waals surface area contributed by atoms with Gasteiger partial charge in [-0.15, -0.1) is 0 Å². The Hall–Kier alpha value is -2.40. The van der Waals surface area contributed by atoms with Crippen molar-refractivity contribution in [1.82, 2.24) is 0 Å². The average Bonchev–Trinajstić information content (AvgIpc) is 2.61. The molecule has 0 radical (unpaired) electrons. The van der Waals surface area contributed by atoms with Crippen LogP contribution in [0.1, 0.15) is 60.7 Å². The highest BCUT2D eigenvalue weighted by atomic mass is 19.1. The summed E-state index contributed by atoms with van der Waals surface area (Å²) in [5.41, 5.74) is 1.66. The van der Waals surface area contributed by atoms with Gasteiger partial charge in [0.2, 0.25) is 0 Å². The number of carboxylic acid groups (broad SMARTS) is 1. The molecule has 0 aromatic heterocycles. The van der Waals surface area contributed by atoms with E-state index in [1.165, 1.54) is 12.1 Å². The van der Waals surface area contributed by atoms with E-state index >= 15 is 0 Å². The molecule has 142 valence electrons. The number of hydrogen-bond acceptors (Lipinski definition) is 3. The molecule has 4 rings (SSSR count). The maximum Gasteiger partial charge on any atom is 0.335 e. The highest BCUT2D eigenvalue weighted by molar-refractivity contribution is 5.88. The highest BCUT2D eigenvalue weighted by Gasteiger charge is 2.49. The van der Waals surface area contributed by atoms with Crippen LogP contribution in [-0.2, 0) is 4.74 Å². The summed E-state index contributed by atoms with van der Waals surface area (Å²) >= 11 is 0. The van der Waals surface area contributed by atoms with Crippen LogP contribution in [0.15, 0.2) is 42.5 Å². The van der Waals surface area contributed by atoms with Gasteiger partial charge in [0, 0.05) is 17.4 Å². The van der Waals surface area contributed by atoms with Gasteiger partial charge in [-0.1, -0.05) is 18.2 Å². The van der Waals surface area contributed by atoms with Gasteiger partial charge >= 0.3 is 5.97 Å². The van der Waals surface area contributed by atoms with Crippen LogP contribution >= 0.6 is 0 Å². The van der Waals surface area contributed by atoms with Crippen molar-refractivity contribution < 1.29 is 23.8 Å². The lowest BCUT2D eigenvalue weighted by molar-refractivity contribution is -0.153. The molecule has 0 saturated carbocycles. The molecule has 2 aromatic carbocycles. The molecule has 27 heavy (non-hydrogen) atoms. The zero-order valence-electron chi connectivity index (χ0n) is 15.6. The number of fused-ring (bicyclic) bond motifs is 3. The second-order valence-corrected chi connectivity index (χ2v) is 8.03.